The lowest BCUT2D eigenvalue weighted by molar-refractivity contribution is 0.100. The lowest BCUT2D eigenvalue weighted by Crippen LogP contribution is -2.07. The number of carbonyl (C=O) groups excluding carboxylic acids is 1. The molecule has 0 aliphatic rings. The van der Waals surface area contributed by atoms with Crippen LogP contribution in [0.25, 0.3) is 0 Å². The Labute approximate surface area is 63.6 Å². The summed E-state index contributed by atoms with van der Waals surface area (Å²) in [6.45, 7) is 0. The van der Waals surface area contributed by atoms with E-state index in [1.54, 1.807) is 12.1 Å². The van der Waals surface area contributed by atoms with Gasteiger partial charge in [-0.2, -0.15) is 0 Å². The van der Waals surface area contributed by atoms with Gasteiger partial charge in [-0.15, -0.1) is 11.3 Å². The Balaban J connectivity index is 0.000000371. The zero-order chi connectivity index (χ0) is 7.98. The Hall–Kier alpha value is -0.870. The van der Waals surface area contributed by atoms with Crippen LogP contribution in [0.2, 0.25) is 0 Å². The minimum Gasteiger partial charge on any atom is -0.365 e. The molecule has 0 aliphatic heterocycles. The molecular weight excluding hydrogens is 148 g/mol. The molecule has 0 radical (unpaired) electrons. The van der Waals surface area contributed by atoms with E-state index in [9.17, 15) is 4.79 Å². The highest BCUT2D eigenvalue weighted by molar-refractivity contribution is 7.12. The quantitative estimate of drug-likeness (QED) is 0.622. The zero-order valence-electron chi connectivity index (χ0n) is 5.70. The molecule has 4 heteroatoms. The number of carbonyl (C=O) groups is 1. The molecular formula is C6H10N2OS. The van der Waals surface area contributed by atoms with Gasteiger partial charge in [-0.1, -0.05) is 6.07 Å². The molecule has 0 saturated carbocycles. The fourth-order valence-electron chi connectivity index (χ4n) is 0.419. The highest BCUT2D eigenvalue weighted by Crippen LogP contribution is 2.05. The average Bonchev–Trinajstić information content (AvgIpc) is 2.42. The predicted octanol–water partition coefficient (Wildman–Crippen LogP) is 0.422. The summed E-state index contributed by atoms with van der Waals surface area (Å²) in [7, 11) is 1.50. The number of nitrogens with two attached hydrogens (primary N) is 2. The largest absolute Gasteiger partial charge is 0.365 e. The second-order valence-corrected chi connectivity index (χ2v) is 2.29. The highest BCUT2D eigenvalue weighted by atomic mass is 32.1. The van der Waals surface area contributed by atoms with E-state index in [2.05, 4.69) is 5.73 Å². The van der Waals surface area contributed by atoms with Gasteiger partial charge >= 0.3 is 0 Å². The second-order valence-electron chi connectivity index (χ2n) is 1.34. The monoisotopic (exact) mass is 158 g/mol. The Morgan fingerprint density at radius 2 is 2.20 bits per heavy atom. The van der Waals surface area contributed by atoms with Gasteiger partial charge in [0.1, 0.15) is 0 Å². The maximum atomic E-state index is 10.3. The van der Waals surface area contributed by atoms with Crippen LogP contribution in [-0.4, -0.2) is 13.0 Å². The van der Waals surface area contributed by atoms with Gasteiger partial charge in [-0.25, -0.2) is 0 Å². The van der Waals surface area contributed by atoms with Gasteiger partial charge in [0.25, 0.3) is 5.91 Å². The molecule has 1 amide bonds. The fraction of sp³-hybridized carbons (Fsp3) is 0.167. The van der Waals surface area contributed by atoms with Crippen molar-refractivity contribution in [3.8, 4) is 0 Å². The van der Waals surface area contributed by atoms with Crippen molar-refractivity contribution in [2.75, 3.05) is 7.05 Å². The minimum atomic E-state index is -0.347. The lowest BCUT2D eigenvalue weighted by atomic mass is 10.5. The Morgan fingerprint density at radius 1 is 1.60 bits per heavy atom. The van der Waals surface area contributed by atoms with Gasteiger partial charge in [0.2, 0.25) is 0 Å². The number of primary amides is 1. The zero-order valence-corrected chi connectivity index (χ0v) is 6.52. The van der Waals surface area contributed by atoms with Gasteiger partial charge in [-0.05, 0) is 18.5 Å². The number of rotatable bonds is 1. The molecule has 0 saturated heterocycles. The molecule has 56 valence electrons. The normalized spacial score (nSPS) is 7.80. The van der Waals surface area contributed by atoms with Crippen LogP contribution in [0, 0.1) is 0 Å². The van der Waals surface area contributed by atoms with E-state index in [0.29, 0.717) is 4.88 Å². The topological polar surface area (TPSA) is 69.1 Å². The predicted molar refractivity (Wildman–Crippen MR) is 42.9 cm³/mol. The third kappa shape index (κ3) is 2.61. The van der Waals surface area contributed by atoms with E-state index in [1.807, 2.05) is 5.38 Å². The van der Waals surface area contributed by atoms with E-state index < -0.39 is 0 Å². The van der Waals surface area contributed by atoms with Crippen LogP contribution >= 0.6 is 11.3 Å². The van der Waals surface area contributed by atoms with Crippen molar-refractivity contribution in [3.63, 3.8) is 0 Å². The third-order valence-electron chi connectivity index (χ3n) is 0.764. The van der Waals surface area contributed by atoms with Crippen molar-refractivity contribution in [1.29, 1.82) is 0 Å². The van der Waals surface area contributed by atoms with Crippen molar-refractivity contribution >= 4 is 17.2 Å². The Kier molecular flexibility index (Phi) is 4.53. The first-order valence-electron chi connectivity index (χ1n) is 2.72. The van der Waals surface area contributed by atoms with Crippen molar-refractivity contribution < 1.29 is 4.79 Å². The minimum absolute atomic E-state index is 0.347. The smallest absolute Gasteiger partial charge is 0.258 e. The summed E-state index contributed by atoms with van der Waals surface area (Å²) in [6.07, 6.45) is 0. The molecule has 0 bridgehead atoms. The molecule has 0 aliphatic carbocycles. The van der Waals surface area contributed by atoms with Gasteiger partial charge in [0.05, 0.1) is 4.88 Å². The van der Waals surface area contributed by atoms with Gasteiger partial charge in [0, 0.05) is 0 Å². The number of amides is 1. The summed E-state index contributed by atoms with van der Waals surface area (Å²) < 4.78 is 0. The molecule has 0 atom stereocenters. The van der Waals surface area contributed by atoms with Crippen molar-refractivity contribution in [1.82, 2.24) is 0 Å². The number of thiophene rings is 1. The molecule has 1 aromatic rings. The molecule has 0 unspecified atom stereocenters. The first-order chi connectivity index (χ1) is 4.80. The molecule has 1 rings (SSSR count). The average molecular weight is 158 g/mol. The maximum Gasteiger partial charge on any atom is 0.258 e. The molecule has 0 aromatic carbocycles. The summed E-state index contributed by atoms with van der Waals surface area (Å²) in [5, 5.41) is 1.82. The van der Waals surface area contributed by atoms with E-state index in [-0.39, 0.29) is 5.91 Å². The summed E-state index contributed by atoms with van der Waals surface area (Å²) in [6, 6.07) is 3.50. The van der Waals surface area contributed by atoms with E-state index in [4.69, 9.17) is 5.73 Å². The Bertz CT molecular complexity index is 184. The van der Waals surface area contributed by atoms with Crippen LogP contribution in [0.4, 0.5) is 0 Å². The van der Waals surface area contributed by atoms with Gasteiger partial charge in [0.15, 0.2) is 0 Å². The molecule has 4 N–H and O–H groups in total. The molecule has 3 nitrogen and oxygen atoms in total. The summed E-state index contributed by atoms with van der Waals surface area (Å²) in [5.41, 5.74) is 9.43. The summed E-state index contributed by atoms with van der Waals surface area (Å²) in [5.74, 6) is -0.347. The Morgan fingerprint density at radius 3 is 2.40 bits per heavy atom. The molecule has 0 fully saturated rings. The van der Waals surface area contributed by atoms with Crippen LogP contribution < -0.4 is 11.5 Å². The fourth-order valence-corrected chi connectivity index (χ4v) is 0.996. The van der Waals surface area contributed by atoms with Crippen molar-refractivity contribution in [3.05, 3.63) is 22.4 Å². The van der Waals surface area contributed by atoms with Crippen LogP contribution in [0.5, 0.6) is 0 Å². The molecule has 1 aromatic heterocycles. The summed E-state index contributed by atoms with van der Waals surface area (Å²) in [4.78, 5) is 10.9. The molecule has 10 heavy (non-hydrogen) atoms. The van der Waals surface area contributed by atoms with E-state index >= 15 is 0 Å². The first kappa shape index (κ1) is 9.13. The van der Waals surface area contributed by atoms with Crippen LogP contribution in [0.15, 0.2) is 17.5 Å². The molecule has 0 spiro atoms. The second kappa shape index (κ2) is 4.96. The van der Waals surface area contributed by atoms with Gasteiger partial charge in [-0.3, -0.25) is 4.79 Å². The van der Waals surface area contributed by atoms with Gasteiger partial charge < -0.3 is 11.5 Å². The van der Waals surface area contributed by atoms with Crippen LogP contribution in [0.3, 0.4) is 0 Å². The SMILES string of the molecule is CN.NC(=O)c1cccs1. The van der Waals surface area contributed by atoms with E-state index in [0.717, 1.165) is 0 Å². The first-order valence-corrected chi connectivity index (χ1v) is 3.59. The third-order valence-corrected chi connectivity index (χ3v) is 1.65. The van der Waals surface area contributed by atoms with Crippen molar-refractivity contribution in [2.45, 2.75) is 0 Å². The summed E-state index contributed by atoms with van der Waals surface area (Å²) >= 11 is 1.36. The highest BCUT2D eigenvalue weighted by Gasteiger charge is 1.96. The van der Waals surface area contributed by atoms with Crippen LogP contribution in [-0.2, 0) is 0 Å². The maximum absolute atomic E-state index is 10.3. The standard InChI is InChI=1S/C5H5NOS.CH5N/c6-5(7)4-2-1-3-8-4;1-2/h1-3H,(H2,6,7);2H2,1H3. The number of hydrogen-bond donors (Lipinski definition) is 2. The lowest BCUT2D eigenvalue weighted by Gasteiger charge is -1.80. The number of hydrogen-bond acceptors (Lipinski definition) is 3. The molecule has 1 heterocycles. The van der Waals surface area contributed by atoms with E-state index in [1.165, 1.54) is 18.4 Å². The van der Waals surface area contributed by atoms with Crippen molar-refractivity contribution in [2.24, 2.45) is 11.5 Å². The van der Waals surface area contributed by atoms with Crippen LogP contribution in [0.1, 0.15) is 9.67 Å².